The first-order chi connectivity index (χ1) is 12.5. The molecule has 0 atom stereocenters. The van der Waals surface area contributed by atoms with Gasteiger partial charge in [-0.15, -0.1) is 0 Å². The molecular weight excluding hydrogens is 341 g/mol. The smallest absolute Gasteiger partial charge is 0.275 e. The Morgan fingerprint density at radius 2 is 2.00 bits per heavy atom. The van der Waals surface area contributed by atoms with Gasteiger partial charge < -0.3 is 5.32 Å². The second-order valence-corrected chi connectivity index (χ2v) is 5.31. The van der Waals surface area contributed by atoms with E-state index in [4.69, 9.17) is 0 Å². The summed E-state index contributed by atoms with van der Waals surface area (Å²) in [5.74, 6) is -0.998. The van der Waals surface area contributed by atoms with Gasteiger partial charge in [0.05, 0.1) is 5.69 Å². The van der Waals surface area contributed by atoms with Crippen molar-refractivity contribution in [2.45, 2.75) is 0 Å². The molecule has 3 rings (SSSR count). The molecule has 8 nitrogen and oxygen atoms in total. The number of amides is 1. The maximum absolute atomic E-state index is 13.6. The quantitative estimate of drug-likeness (QED) is 0.711. The highest BCUT2D eigenvalue weighted by Crippen LogP contribution is 2.20. The zero-order valence-electron chi connectivity index (χ0n) is 13.5. The summed E-state index contributed by atoms with van der Waals surface area (Å²) in [6, 6.07) is 7.74. The molecule has 2 aromatic heterocycles. The van der Waals surface area contributed by atoms with Gasteiger partial charge in [0.2, 0.25) is 0 Å². The molecule has 1 aromatic carbocycles. The predicted octanol–water partition coefficient (Wildman–Crippen LogP) is 1.44. The van der Waals surface area contributed by atoms with E-state index in [1.54, 1.807) is 0 Å². The molecule has 1 N–H and O–H groups in total. The lowest BCUT2D eigenvalue weighted by molar-refractivity contribution is 0.102. The molecule has 0 aliphatic carbocycles. The minimum Gasteiger partial charge on any atom is -0.304 e. The number of aldehydes is 1. The number of carbonyl (C=O) groups excluding carboxylic acids is 2. The number of benzene rings is 1. The molecule has 0 bridgehead atoms. The van der Waals surface area contributed by atoms with Crippen molar-refractivity contribution in [2.24, 2.45) is 7.05 Å². The monoisotopic (exact) mass is 353 g/mol. The summed E-state index contributed by atoms with van der Waals surface area (Å²) in [7, 11) is 1.45. The minimum absolute atomic E-state index is 0.0163. The second kappa shape index (κ2) is 7.01. The van der Waals surface area contributed by atoms with Crippen molar-refractivity contribution in [3.63, 3.8) is 0 Å². The van der Waals surface area contributed by atoms with Crippen LogP contribution in [-0.4, -0.2) is 31.9 Å². The molecule has 0 saturated carbocycles. The number of aryl methyl sites for hydroxylation is 1. The Morgan fingerprint density at radius 1 is 1.19 bits per heavy atom. The van der Waals surface area contributed by atoms with Gasteiger partial charge in [0, 0.05) is 24.2 Å². The molecule has 0 fully saturated rings. The standard InChI is InChI=1S/C17H12FN5O3/c1-23-16(25)3-2-15(22-23)21-17(26)14-7-13(19-9-20-14)11-4-10(8-24)5-12(18)6-11/h2-9H,1H3,(H,21,22,26). The SMILES string of the molecule is Cn1nc(NC(=O)c2cc(-c3cc(F)cc(C=O)c3)ncn2)ccc1=O. The van der Waals surface area contributed by atoms with Gasteiger partial charge in [-0.2, -0.15) is 5.10 Å². The summed E-state index contributed by atoms with van der Waals surface area (Å²) in [4.78, 5) is 42.4. The maximum atomic E-state index is 13.6. The van der Waals surface area contributed by atoms with Gasteiger partial charge in [0.1, 0.15) is 24.1 Å². The van der Waals surface area contributed by atoms with Crippen molar-refractivity contribution in [1.29, 1.82) is 0 Å². The van der Waals surface area contributed by atoms with E-state index in [-0.39, 0.29) is 28.3 Å². The molecule has 0 saturated heterocycles. The van der Waals surface area contributed by atoms with Crippen LogP contribution in [0.2, 0.25) is 0 Å². The molecule has 130 valence electrons. The Morgan fingerprint density at radius 3 is 2.73 bits per heavy atom. The molecule has 0 radical (unpaired) electrons. The highest BCUT2D eigenvalue weighted by molar-refractivity contribution is 6.02. The summed E-state index contributed by atoms with van der Waals surface area (Å²) in [5, 5.41) is 6.40. The van der Waals surface area contributed by atoms with Crippen molar-refractivity contribution >= 4 is 18.0 Å². The van der Waals surface area contributed by atoms with E-state index >= 15 is 0 Å². The first-order valence-electron chi connectivity index (χ1n) is 7.40. The van der Waals surface area contributed by atoms with Gasteiger partial charge in [0.15, 0.2) is 5.82 Å². The summed E-state index contributed by atoms with van der Waals surface area (Å²) in [5.41, 5.74) is 0.468. The molecule has 9 heteroatoms. The number of nitrogens with zero attached hydrogens (tertiary/aromatic N) is 4. The normalized spacial score (nSPS) is 10.4. The molecule has 0 unspecified atom stereocenters. The average Bonchev–Trinajstić information content (AvgIpc) is 2.64. The Bertz CT molecular complexity index is 1060. The molecule has 2 heterocycles. The molecule has 1 amide bonds. The van der Waals surface area contributed by atoms with E-state index in [9.17, 15) is 18.8 Å². The fourth-order valence-corrected chi connectivity index (χ4v) is 2.22. The first-order valence-corrected chi connectivity index (χ1v) is 7.40. The average molecular weight is 353 g/mol. The Hall–Kier alpha value is -3.75. The molecule has 0 spiro atoms. The van der Waals surface area contributed by atoms with Crippen LogP contribution >= 0.6 is 0 Å². The van der Waals surface area contributed by atoms with Crippen LogP contribution in [0.5, 0.6) is 0 Å². The Labute approximate surface area is 146 Å². The molecule has 0 aliphatic rings. The number of carbonyl (C=O) groups is 2. The zero-order chi connectivity index (χ0) is 18.7. The summed E-state index contributed by atoms with van der Waals surface area (Å²) >= 11 is 0. The number of aromatic nitrogens is 4. The first kappa shape index (κ1) is 17.1. The third-order valence-corrected chi connectivity index (χ3v) is 3.45. The topological polar surface area (TPSA) is 107 Å². The summed E-state index contributed by atoms with van der Waals surface area (Å²) in [6.45, 7) is 0. The minimum atomic E-state index is -0.594. The Balaban J connectivity index is 1.90. The van der Waals surface area contributed by atoms with Gasteiger partial charge in [-0.3, -0.25) is 14.4 Å². The molecule has 0 aliphatic heterocycles. The van der Waals surface area contributed by atoms with Crippen LogP contribution in [0.4, 0.5) is 10.2 Å². The van der Waals surface area contributed by atoms with Crippen molar-refractivity contribution in [3.8, 4) is 11.3 Å². The number of rotatable bonds is 4. The van der Waals surface area contributed by atoms with Crippen LogP contribution in [0, 0.1) is 5.82 Å². The number of anilines is 1. The van der Waals surface area contributed by atoms with Crippen LogP contribution in [0.3, 0.4) is 0 Å². The fraction of sp³-hybridized carbons (Fsp3) is 0.0588. The van der Waals surface area contributed by atoms with Gasteiger partial charge in [0.25, 0.3) is 11.5 Å². The van der Waals surface area contributed by atoms with E-state index in [2.05, 4.69) is 20.4 Å². The van der Waals surface area contributed by atoms with Crippen LogP contribution < -0.4 is 10.9 Å². The number of halogens is 1. The van der Waals surface area contributed by atoms with E-state index in [1.165, 1.54) is 37.4 Å². The predicted molar refractivity (Wildman–Crippen MR) is 90.2 cm³/mol. The lowest BCUT2D eigenvalue weighted by Gasteiger charge is -2.07. The van der Waals surface area contributed by atoms with Crippen LogP contribution in [0.1, 0.15) is 20.8 Å². The van der Waals surface area contributed by atoms with Crippen molar-refractivity contribution < 1.29 is 14.0 Å². The number of hydrogen-bond acceptors (Lipinski definition) is 6. The number of nitrogens with one attached hydrogen (secondary N) is 1. The number of hydrogen-bond donors (Lipinski definition) is 1. The van der Waals surface area contributed by atoms with Crippen molar-refractivity contribution in [3.05, 3.63) is 70.2 Å². The van der Waals surface area contributed by atoms with Crippen molar-refractivity contribution in [2.75, 3.05) is 5.32 Å². The largest absolute Gasteiger partial charge is 0.304 e. The van der Waals surface area contributed by atoms with Crippen molar-refractivity contribution in [1.82, 2.24) is 19.7 Å². The van der Waals surface area contributed by atoms with Gasteiger partial charge in [-0.25, -0.2) is 19.0 Å². The highest BCUT2D eigenvalue weighted by atomic mass is 19.1. The van der Waals surface area contributed by atoms with Gasteiger partial charge in [-0.05, 0) is 30.3 Å². The zero-order valence-corrected chi connectivity index (χ0v) is 13.5. The lowest BCUT2D eigenvalue weighted by atomic mass is 10.1. The summed E-state index contributed by atoms with van der Waals surface area (Å²) < 4.78 is 14.7. The second-order valence-electron chi connectivity index (χ2n) is 5.31. The fourth-order valence-electron chi connectivity index (χ4n) is 2.22. The third-order valence-electron chi connectivity index (χ3n) is 3.45. The summed E-state index contributed by atoms with van der Waals surface area (Å²) in [6.07, 6.45) is 1.68. The molecule has 26 heavy (non-hydrogen) atoms. The lowest BCUT2D eigenvalue weighted by Crippen LogP contribution is -2.22. The van der Waals surface area contributed by atoms with E-state index in [0.29, 0.717) is 11.8 Å². The Kier molecular flexibility index (Phi) is 4.61. The van der Waals surface area contributed by atoms with E-state index in [1.807, 2.05) is 0 Å². The van der Waals surface area contributed by atoms with E-state index in [0.717, 1.165) is 17.1 Å². The molecular formula is C17H12FN5O3. The third kappa shape index (κ3) is 3.66. The van der Waals surface area contributed by atoms with Gasteiger partial charge in [-0.1, -0.05) is 0 Å². The van der Waals surface area contributed by atoms with Gasteiger partial charge >= 0.3 is 0 Å². The van der Waals surface area contributed by atoms with Crippen LogP contribution in [0.25, 0.3) is 11.3 Å². The van der Waals surface area contributed by atoms with Crippen LogP contribution in [-0.2, 0) is 7.05 Å². The molecule has 3 aromatic rings. The van der Waals surface area contributed by atoms with Crippen LogP contribution in [0.15, 0.2) is 47.5 Å². The highest BCUT2D eigenvalue weighted by Gasteiger charge is 2.12. The van der Waals surface area contributed by atoms with E-state index < -0.39 is 11.7 Å². The maximum Gasteiger partial charge on any atom is 0.275 e.